The quantitative estimate of drug-likeness (QED) is 0.285. The van der Waals surface area contributed by atoms with Crippen LogP contribution in [0.2, 0.25) is 5.02 Å². The molecule has 1 spiro atoms. The number of nitrogens with zero attached hydrogens (tertiary/aromatic N) is 2. The van der Waals surface area contributed by atoms with Crippen molar-refractivity contribution in [2.24, 2.45) is 27.3 Å². The van der Waals surface area contributed by atoms with Crippen molar-refractivity contribution in [3.8, 4) is 0 Å². The molecule has 3 aliphatic rings. The number of anilines is 2. The van der Waals surface area contributed by atoms with Crippen LogP contribution in [0.4, 0.5) is 11.4 Å². The summed E-state index contributed by atoms with van der Waals surface area (Å²) in [5, 5.41) is 10.6. The number of nitrogens with two attached hydrogens (primary N) is 1. The van der Waals surface area contributed by atoms with Crippen LogP contribution in [0.1, 0.15) is 60.5 Å². The van der Waals surface area contributed by atoms with Gasteiger partial charge in [-0.25, -0.2) is 9.35 Å². The van der Waals surface area contributed by atoms with Crippen LogP contribution in [0.25, 0.3) is 0 Å². The number of hydrogen-bond donors (Lipinski definition) is 2. The Morgan fingerprint density at radius 1 is 1.30 bits per heavy atom. The first-order valence-electron chi connectivity index (χ1n) is 15.3. The van der Waals surface area contributed by atoms with Crippen LogP contribution in [0.3, 0.4) is 0 Å². The van der Waals surface area contributed by atoms with Gasteiger partial charge in [0.2, 0.25) is 0 Å². The van der Waals surface area contributed by atoms with Gasteiger partial charge in [0.1, 0.15) is 9.92 Å². The average molecular weight is 625 g/mol. The van der Waals surface area contributed by atoms with Gasteiger partial charge in [0.25, 0.3) is 5.91 Å². The van der Waals surface area contributed by atoms with E-state index in [4.69, 9.17) is 21.5 Å². The lowest BCUT2D eigenvalue weighted by Gasteiger charge is -2.46. The third kappa shape index (κ3) is 6.88. The van der Waals surface area contributed by atoms with Gasteiger partial charge in [0.15, 0.2) is 0 Å². The summed E-state index contributed by atoms with van der Waals surface area (Å²) in [5.74, 6) is 0.435. The van der Waals surface area contributed by atoms with Crippen molar-refractivity contribution in [3.05, 3.63) is 83.4 Å². The topological polar surface area (TPSA) is 97.0 Å². The zero-order valence-electron chi connectivity index (χ0n) is 25.4. The molecule has 0 saturated heterocycles. The third-order valence-electron chi connectivity index (χ3n) is 9.62. The number of halogens is 1. The van der Waals surface area contributed by atoms with Crippen molar-refractivity contribution in [3.63, 3.8) is 0 Å². The molecule has 0 aromatic heterocycles. The Hall–Kier alpha value is -2.65. The number of carbonyl (C=O) groups excluding carboxylic acids is 1. The van der Waals surface area contributed by atoms with Gasteiger partial charge in [0.05, 0.1) is 17.5 Å². The number of benzene rings is 2. The van der Waals surface area contributed by atoms with E-state index in [1.54, 1.807) is 19.3 Å². The molecule has 9 heteroatoms. The normalized spacial score (nSPS) is 25.5. The second-order valence-electron chi connectivity index (χ2n) is 12.7. The molecule has 0 radical (unpaired) electrons. The fourth-order valence-corrected chi connectivity index (χ4v) is 8.98. The highest BCUT2D eigenvalue weighted by Gasteiger charge is 2.43. The predicted molar refractivity (Wildman–Crippen MR) is 178 cm³/mol. The molecule has 5 rings (SSSR count). The van der Waals surface area contributed by atoms with Gasteiger partial charge in [-0.1, -0.05) is 36.7 Å². The molecular weight excluding hydrogens is 580 g/mol. The molecule has 1 aliphatic heterocycles. The molecule has 2 aromatic carbocycles. The molecule has 1 heterocycles. The van der Waals surface area contributed by atoms with Gasteiger partial charge >= 0.3 is 0 Å². The van der Waals surface area contributed by atoms with Crippen molar-refractivity contribution in [2.75, 3.05) is 42.7 Å². The Morgan fingerprint density at radius 3 is 2.81 bits per heavy atom. The fraction of sp³-hybridized carbons (Fsp3) is 0.500. The first-order chi connectivity index (χ1) is 20.6. The average Bonchev–Trinajstić information content (AvgIpc) is 3.10. The first-order valence-corrected chi connectivity index (χ1v) is 17.5. The van der Waals surface area contributed by atoms with Crippen LogP contribution in [0.5, 0.6) is 0 Å². The Bertz CT molecular complexity index is 1500. The fourth-order valence-electron chi connectivity index (χ4n) is 7.37. The summed E-state index contributed by atoms with van der Waals surface area (Å²) in [5.41, 5.74) is 4.88. The Kier molecular flexibility index (Phi) is 9.71. The second kappa shape index (κ2) is 13.1. The minimum Gasteiger partial charge on any atom is -0.382 e. The lowest BCUT2D eigenvalue weighted by Crippen LogP contribution is -2.49. The second-order valence-corrected chi connectivity index (χ2v) is 15.1. The monoisotopic (exact) mass is 624 g/mol. The molecular formula is C34H45ClN4O3S. The number of allylic oxidation sites excluding steroid dienone is 1. The van der Waals surface area contributed by atoms with Crippen molar-refractivity contribution in [2.45, 2.75) is 57.0 Å². The molecule has 2 aromatic rings. The van der Waals surface area contributed by atoms with E-state index in [-0.39, 0.29) is 23.2 Å². The Balaban J connectivity index is 1.51. The number of ether oxygens (including phenoxy) is 1. The maximum absolute atomic E-state index is 13.4. The van der Waals surface area contributed by atoms with Gasteiger partial charge in [-0.2, -0.15) is 0 Å². The van der Waals surface area contributed by atoms with Crippen LogP contribution >= 0.6 is 11.6 Å². The number of hydrogen-bond acceptors (Lipinski definition) is 5. The summed E-state index contributed by atoms with van der Waals surface area (Å²) in [6.45, 7) is 12.1. The minimum absolute atomic E-state index is 0.0164. The smallest absolute Gasteiger partial charge is 0.286 e. The van der Waals surface area contributed by atoms with Crippen molar-refractivity contribution >= 4 is 38.8 Å². The van der Waals surface area contributed by atoms with Crippen LogP contribution in [-0.4, -0.2) is 48.7 Å². The predicted octanol–water partition coefficient (Wildman–Crippen LogP) is 6.77. The summed E-state index contributed by atoms with van der Waals surface area (Å²) in [6, 6.07) is 11.9. The summed E-state index contributed by atoms with van der Waals surface area (Å²) in [7, 11) is -1.42. The minimum atomic E-state index is -3.17. The highest BCUT2D eigenvalue weighted by atomic mass is 35.5. The van der Waals surface area contributed by atoms with Crippen molar-refractivity contribution < 1.29 is 13.7 Å². The number of carbonyl (C=O) groups is 1. The Morgan fingerprint density at radius 2 is 2.12 bits per heavy atom. The Labute approximate surface area is 262 Å². The summed E-state index contributed by atoms with van der Waals surface area (Å²) in [6.07, 6.45) is 9.73. The first kappa shape index (κ1) is 31.8. The lowest BCUT2D eigenvalue weighted by atomic mass is 9.68. The van der Waals surface area contributed by atoms with E-state index < -0.39 is 15.8 Å². The molecule has 6 atom stereocenters. The van der Waals surface area contributed by atoms with E-state index in [1.165, 1.54) is 11.1 Å². The van der Waals surface area contributed by atoms with Gasteiger partial charge in [-0.15, -0.1) is 17.5 Å². The number of rotatable bonds is 10. The van der Waals surface area contributed by atoms with Crippen LogP contribution in [-0.2, 0) is 26.5 Å². The number of methoxy groups -OCH3 is 1. The zero-order chi connectivity index (χ0) is 30.8. The van der Waals surface area contributed by atoms with E-state index in [9.17, 15) is 9.00 Å². The number of aryl methyl sites for hydroxylation is 1. The van der Waals surface area contributed by atoms with Gasteiger partial charge in [-0.3, -0.25) is 4.79 Å². The molecule has 0 bridgehead atoms. The van der Waals surface area contributed by atoms with Crippen molar-refractivity contribution in [1.82, 2.24) is 0 Å². The molecule has 232 valence electrons. The van der Waals surface area contributed by atoms with Crippen LogP contribution in [0, 0.1) is 17.8 Å². The number of nitrogens with one attached hydrogen (secondary N) is 1. The highest BCUT2D eigenvalue weighted by Crippen LogP contribution is 2.46. The summed E-state index contributed by atoms with van der Waals surface area (Å²) in [4.78, 5) is 15.8. The lowest BCUT2D eigenvalue weighted by molar-refractivity contribution is 0.0136. The standard InChI is InChI=1S/C34H45ClN4O3S/c1-5-8-23(3)20-43(36,41)38-33(40)25-11-15-30-31(18-25)39(19-26-10-13-28(26)32(6-2)42-4)22-34(21-37-30)16-7-9-24-17-27(35)12-14-29(24)34/h5-6,11-12,14-15,17-18,23,26,28,32,37H,1-2,7-10,13,16,19-22H2,3-4H3,(H2,36,38,40,41)/t23-,26-,28+,32-,34+,43?/m0/s1. The van der Waals surface area contributed by atoms with E-state index in [0.29, 0.717) is 23.8 Å². The van der Waals surface area contributed by atoms with Crippen LogP contribution < -0.4 is 15.4 Å². The molecule has 3 N–H and O–H groups in total. The molecule has 2 aliphatic carbocycles. The van der Waals surface area contributed by atoms with Crippen LogP contribution in [0.15, 0.2) is 66.1 Å². The molecule has 1 fully saturated rings. The molecule has 1 unspecified atom stereocenters. The number of amides is 1. The maximum Gasteiger partial charge on any atom is 0.286 e. The molecule has 43 heavy (non-hydrogen) atoms. The molecule has 1 amide bonds. The zero-order valence-corrected chi connectivity index (χ0v) is 27.0. The SMILES string of the molecule is C=CC[C@H](C)CS(N)(=O)=NC(=O)c1ccc2c(c1)N(C[C@@H]1CC[C@H]1[C@H](C=C)OC)C[C@@]1(CCCc3cc(Cl)ccc31)CN2. The van der Waals surface area contributed by atoms with Gasteiger partial charge in [0, 0.05) is 48.5 Å². The molecule has 7 nitrogen and oxygen atoms in total. The van der Waals surface area contributed by atoms with E-state index in [1.807, 2.05) is 31.2 Å². The third-order valence-corrected chi connectivity index (χ3v) is 11.4. The van der Waals surface area contributed by atoms with Gasteiger partial charge < -0.3 is 15.0 Å². The maximum atomic E-state index is 13.4. The van der Waals surface area contributed by atoms with E-state index in [2.05, 4.69) is 39.9 Å². The van der Waals surface area contributed by atoms with Crippen molar-refractivity contribution in [1.29, 1.82) is 0 Å². The van der Waals surface area contributed by atoms with E-state index >= 15 is 0 Å². The number of fused-ring (bicyclic) bond motifs is 3. The van der Waals surface area contributed by atoms with E-state index in [0.717, 1.165) is 68.1 Å². The molecule has 1 saturated carbocycles. The summed E-state index contributed by atoms with van der Waals surface area (Å²) >= 11 is 6.42. The largest absolute Gasteiger partial charge is 0.382 e. The highest BCUT2D eigenvalue weighted by molar-refractivity contribution is 7.91. The summed E-state index contributed by atoms with van der Waals surface area (Å²) < 4.78 is 22.8. The van der Waals surface area contributed by atoms with Gasteiger partial charge in [-0.05, 0) is 97.7 Å².